The van der Waals surface area contributed by atoms with Crippen LogP contribution in [0.15, 0.2) is 12.1 Å². The Morgan fingerprint density at radius 1 is 1.13 bits per heavy atom. The Morgan fingerprint density at radius 2 is 1.77 bits per heavy atom. The molecule has 5 N–H and O–H groups in total. The van der Waals surface area contributed by atoms with E-state index in [0.29, 0.717) is 54.0 Å². The normalized spacial score (nSPS) is 18.6. The Bertz CT molecular complexity index is 962. The number of aromatic amines is 1. The third kappa shape index (κ3) is 4.33. The number of quaternary nitrogens is 1. The van der Waals surface area contributed by atoms with Gasteiger partial charge in [0.15, 0.2) is 18.0 Å². The molecule has 0 spiro atoms. The number of esters is 1. The molecule has 2 amide bonds. The van der Waals surface area contributed by atoms with Crippen molar-refractivity contribution in [2.45, 2.75) is 12.8 Å². The molecule has 2 aromatic rings. The number of amides is 2. The molecular formula is C20H27N4O6+. The number of likely N-dealkylation sites (tertiary alicyclic amines) is 1. The Hall–Kier alpha value is -3.27. The van der Waals surface area contributed by atoms with E-state index < -0.39 is 5.97 Å². The molecule has 1 aromatic heterocycles. The van der Waals surface area contributed by atoms with Gasteiger partial charge in [0, 0.05) is 30.2 Å². The topological polar surface area (TPSA) is 137 Å². The third-order valence-corrected chi connectivity index (χ3v) is 5.46. The standard InChI is InChI=1S/C20H26N4O6/c1-28-14-8-12-13(9-15(14)29-2)22-18(20(27)30-3)17(12)23-16(25)10-24-6-4-11(5-7-24)19(21)26/h8-9,11,22H,4-7,10H2,1-3H3,(H2,21,26)(H,23,25)/p+1. The molecule has 1 aliphatic heterocycles. The zero-order chi connectivity index (χ0) is 21.8. The van der Waals surface area contributed by atoms with Crippen LogP contribution >= 0.6 is 0 Å². The lowest BCUT2D eigenvalue weighted by Gasteiger charge is -2.27. The number of hydrogen-bond donors (Lipinski definition) is 4. The van der Waals surface area contributed by atoms with Gasteiger partial charge in [0.1, 0.15) is 5.69 Å². The van der Waals surface area contributed by atoms with Crippen molar-refractivity contribution in [2.75, 3.05) is 46.3 Å². The molecule has 10 nitrogen and oxygen atoms in total. The molecule has 0 atom stereocenters. The lowest BCUT2D eigenvalue weighted by Crippen LogP contribution is -3.14. The number of nitrogens with one attached hydrogen (secondary N) is 3. The lowest BCUT2D eigenvalue weighted by atomic mass is 9.96. The monoisotopic (exact) mass is 419 g/mol. The maximum absolute atomic E-state index is 12.7. The van der Waals surface area contributed by atoms with Gasteiger partial charge in [0.2, 0.25) is 5.91 Å². The summed E-state index contributed by atoms with van der Waals surface area (Å²) in [6.45, 7) is 1.58. The first-order valence-electron chi connectivity index (χ1n) is 9.66. The first-order valence-corrected chi connectivity index (χ1v) is 9.66. The molecule has 0 bridgehead atoms. The first kappa shape index (κ1) is 21.4. The second-order valence-electron chi connectivity index (χ2n) is 7.27. The summed E-state index contributed by atoms with van der Waals surface area (Å²) in [4.78, 5) is 40.4. The minimum atomic E-state index is -0.603. The van der Waals surface area contributed by atoms with Crippen molar-refractivity contribution >= 4 is 34.4 Å². The Morgan fingerprint density at radius 3 is 2.33 bits per heavy atom. The molecule has 1 aliphatic rings. The molecule has 162 valence electrons. The molecular weight excluding hydrogens is 392 g/mol. The van der Waals surface area contributed by atoms with Gasteiger partial charge in [-0.25, -0.2) is 4.79 Å². The minimum Gasteiger partial charge on any atom is -0.493 e. The predicted octanol–water partition coefficient (Wildman–Crippen LogP) is -0.310. The Kier molecular flexibility index (Phi) is 6.46. The summed E-state index contributed by atoms with van der Waals surface area (Å²) in [6, 6.07) is 3.38. The van der Waals surface area contributed by atoms with Gasteiger partial charge in [-0.2, -0.15) is 0 Å². The quantitative estimate of drug-likeness (QED) is 0.455. The molecule has 3 rings (SSSR count). The van der Waals surface area contributed by atoms with E-state index in [-0.39, 0.29) is 30.0 Å². The number of benzene rings is 1. The number of nitrogens with two attached hydrogens (primary N) is 1. The van der Waals surface area contributed by atoms with Crippen molar-refractivity contribution in [3.05, 3.63) is 17.8 Å². The number of carbonyl (C=O) groups is 3. The molecule has 10 heteroatoms. The van der Waals surface area contributed by atoms with Gasteiger partial charge in [-0.15, -0.1) is 0 Å². The van der Waals surface area contributed by atoms with Crippen molar-refractivity contribution in [2.24, 2.45) is 11.7 Å². The average molecular weight is 419 g/mol. The number of carbonyl (C=O) groups excluding carboxylic acids is 3. The highest BCUT2D eigenvalue weighted by Crippen LogP contribution is 2.37. The van der Waals surface area contributed by atoms with Crippen LogP contribution in [0.2, 0.25) is 0 Å². The zero-order valence-electron chi connectivity index (χ0n) is 17.3. The van der Waals surface area contributed by atoms with E-state index in [1.54, 1.807) is 12.1 Å². The van der Waals surface area contributed by atoms with Gasteiger partial charge in [0.25, 0.3) is 5.91 Å². The summed E-state index contributed by atoms with van der Waals surface area (Å²) in [5, 5.41) is 3.44. The number of anilines is 1. The third-order valence-electron chi connectivity index (χ3n) is 5.46. The fourth-order valence-corrected chi connectivity index (χ4v) is 3.80. The minimum absolute atomic E-state index is 0.126. The van der Waals surface area contributed by atoms with Crippen molar-refractivity contribution in [1.29, 1.82) is 0 Å². The van der Waals surface area contributed by atoms with Crippen molar-refractivity contribution < 1.29 is 33.5 Å². The molecule has 0 aliphatic carbocycles. The van der Waals surface area contributed by atoms with Crippen LogP contribution in [0.4, 0.5) is 5.69 Å². The number of primary amides is 1. The van der Waals surface area contributed by atoms with Crippen LogP contribution in [0.25, 0.3) is 10.9 Å². The van der Waals surface area contributed by atoms with Crippen LogP contribution in [0.5, 0.6) is 11.5 Å². The Balaban J connectivity index is 1.84. The van der Waals surface area contributed by atoms with Gasteiger partial charge in [-0.3, -0.25) is 9.59 Å². The van der Waals surface area contributed by atoms with E-state index in [1.165, 1.54) is 21.3 Å². The number of piperidine rings is 1. The van der Waals surface area contributed by atoms with E-state index >= 15 is 0 Å². The summed E-state index contributed by atoms with van der Waals surface area (Å²) in [5.41, 5.74) is 6.43. The van der Waals surface area contributed by atoms with Crippen LogP contribution in [0.1, 0.15) is 23.3 Å². The zero-order valence-corrected chi connectivity index (χ0v) is 17.3. The molecule has 1 saturated heterocycles. The molecule has 1 fully saturated rings. The fourth-order valence-electron chi connectivity index (χ4n) is 3.80. The maximum atomic E-state index is 12.7. The molecule has 0 saturated carbocycles. The maximum Gasteiger partial charge on any atom is 0.356 e. The van der Waals surface area contributed by atoms with Gasteiger partial charge in [0.05, 0.1) is 45.6 Å². The van der Waals surface area contributed by atoms with E-state index in [9.17, 15) is 14.4 Å². The number of fused-ring (bicyclic) bond motifs is 1. The predicted molar refractivity (Wildman–Crippen MR) is 109 cm³/mol. The van der Waals surface area contributed by atoms with E-state index in [0.717, 1.165) is 4.90 Å². The molecule has 0 radical (unpaired) electrons. The van der Waals surface area contributed by atoms with E-state index in [2.05, 4.69) is 10.3 Å². The highest BCUT2D eigenvalue weighted by molar-refractivity contribution is 6.11. The van der Waals surface area contributed by atoms with Crippen LogP contribution in [-0.2, 0) is 14.3 Å². The van der Waals surface area contributed by atoms with Crippen LogP contribution < -0.4 is 25.4 Å². The average Bonchev–Trinajstić information content (AvgIpc) is 3.09. The molecule has 2 heterocycles. The SMILES string of the molecule is COC(=O)c1[nH]c2cc(OC)c(OC)cc2c1NC(=O)C[NH+]1CCC(C(N)=O)CC1. The summed E-state index contributed by atoms with van der Waals surface area (Å²) in [5.74, 6) is -0.307. The number of H-pyrrole nitrogens is 1. The number of hydrogen-bond acceptors (Lipinski definition) is 6. The lowest BCUT2D eigenvalue weighted by molar-refractivity contribution is -0.897. The van der Waals surface area contributed by atoms with Crippen molar-refractivity contribution in [1.82, 2.24) is 4.98 Å². The highest BCUT2D eigenvalue weighted by Gasteiger charge is 2.28. The van der Waals surface area contributed by atoms with Crippen LogP contribution in [-0.4, -0.2) is 63.7 Å². The summed E-state index contributed by atoms with van der Waals surface area (Å²) < 4.78 is 15.5. The van der Waals surface area contributed by atoms with E-state index in [1.807, 2.05) is 0 Å². The summed E-state index contributed by atoms with van der Waals surface area (Å²) >= 11 is 0. The second kappa shape index (κ2) is 9.04. The number of ether oxygens (including phenoxy) is 3. The van der Waals surface area contributed by atoms with Gasteiger partial charge in [-0.1, -0.05) is 0 Å². The Labute approximate surface area is 173 Å². The number of methoxy groups -OCH3 is 3. The second-order valence-corrected chi connectivity index (χ2v) is 7.27. The molecule has 0 unspecified atom stereocenters. The van der Waals surface area contributed by atoms with Crippen LogP contribution in [0.3, 0.4) is 0 Å². The van der Waals surface area contributed by atoms with Gasteiger partial charge < -0.3 is 35.1 Å². The number of aromatic nitrogens is 1. The fraction of sp³-hybridized carbons (Fsp3) is 0.450. The van der Waals surface area contributed by atoms with Gasteiger partial charge >= 0.3 is 5.97 Å². The first-order chi connectivity index (χ1) is 14.4. The van der Waals surface area contributed by atoms with Crippen molar-refractivity contribution in [3.63, 3.8) is 0 Å². The number of rotatable bonds is 7. The van der Waals surface area contributed by atoms with E-state index in [4.69, 9.17) is 19.9 Å². The van der Waals surface area contributed by atoms with Crippen LogP contribution in [0, 0.1) is 5.92 Å². The summed E-state index contributed by atoms with van der Waals surface area (Å²) in [7, 11) is 4.29. The smallest absolute Gasteiger partial charge is 0.356 e. The summed E-state index contributed by atoms with van der Waals surface area (Å²) in [6.07, 6.45) is 1.32. The van der Waals surface area contributed by atoms with Crippen molar-refractivity contribution in [3.8, 4) is 11.5 Å². The molecule has 1 aromatic carbocycles. The van der Waals surface area contributed by atoms with Gasteiger partial charge in [-0.05, 0) is 6.07 Å². The highest BCUT2D eigenvalue weighted by atomic mass is 16.5. The largest absolute Gasteiger partial charge is 0.493 e. The molecule has 30 heavy (non-hydrogen) atoms.